The Balaban J connectivity index is 0.00000261. The van der Waals surface area contributed by atoms with Gasteiger partial charge < -0.3 is 4.74 Å². The zero-order valence-electron chi connectivity index (χ0n) is 14.3. The summed E-state index contributed by atoms with van der Waals surface area (Å²) < 4.78 is 5.33. The SMILES string of the molecule is C.COc1ccc(/C=C/C(=O)NO)c(-c2ccc(-c3ccccc3)cc2)c1. The summed E-state index contributed by atoms with van der Waals surface area (Å²) in [5.41, 5.74) is 6.67. The fourth-order valence-corrected chi connectivity index (χ4v) is 2.73. The number of carbonyl (C=O) groups excluding carboxylic acids is 1. The van der Waals surface area contributed by atoms with Gasteiger partial charge in [-0.25, -0.2) is 5.48 Å². The fraction of sp³-hybridized carbons (Fsp3) is 0.0870. The summed E-state index contributed by atoms with van der Waals surface area (Å²) in [7, 11) is 1.62. The van der Waals surface area contributed by atoms with Gasteiger partial charge in [-0.1, -0.05) is 68.1 Å². The lowest BCUT2D eigenvalue weighted by atomic mass is 9.96. The smallest absolute Gasteiger partial charge is 0.267 e. The van der Waals surface area contributed by atoms with E-state index in [0.29, 0.717) is 0 Å². The molecule has 4 nitrogen and oxygen atoms in total. The number of hydroxylamine groups is 1. The molecule has 2 N–H and O–H groups in total. The van der Waals surface area contributed by atoms with Crippen molar-refractivity contribution < 1.29 is 14.7 Å². The minimum absolute atomic E-state index is 0. The van der Waals surface area contributed by atoms with Gasteiger partial charge in [0, 0.05) is 6.08 Å². The van der Waals surface area contributed by atoms with Crippen molar-refractivity contribution in [1.29, 1.82) is 0 Å². The number of rotatable bonds is 5. The normalized spacial score (nSPS) is 10.3. The Bertz CT molecular complexity index is 916. The first-order valence-corrected chi connectivity index (χ1v) is 8.17. The largest absolute Gasteiger partial charge is 0.497 e. The van der Waals surface area contributed by atoms with E-state index in [1.54, 1.807) is 18.7 Å². The summed E-state index contributed by atoms with van der Waals surface area (Å²) in [5, 5.41) is 8.65. The number of hydrogen-bond acceptors (Lipinski definition) is 3. The van der Waals surface area contributed by atoms with Gasteiger partial charge in [0.05, 0.1) is 7.11 Å². The van der Waals surface area contributed by atoms with Gasteiger partial charge in [0.2, 0.25) is 0 Å². The number of amides is 1. The maximum absolute atomic E-state index is 11.3. The van der Waals surface area contributed by atoms with Crippen LogP contribution in [0.3, 0.4) is 0 Å². The molecule has 0 aliphatic rings. The molecule has 0 spiro atoms. The van der Waals surface area contributed by atoms with E-state index in [2.05, 4.69) is 24.3 Å². The van der Waals surface area contributed by atoms with Crippen LogP contribution in [0, 0.1) is 0 Å². The molecular weight excluding hydrogens is 338 g/mol. The minimum Gasteiger partial charge on any atom is -0.497 e. The van der Waals surface area contributed by atoms with Crippen molar-refractivity contribution in [3.05, 3.63) is 84.4 Å². The van der Waals surface area contributed by atoms with Crippen LogP contribution in [0.15, 0.2) is 78.9 Å². The summed E-state index contributed by atoms with van der Waals surface area (Å²) in [4.78, 5) is 11.3. The maximum atomic E-state index is 11.3. The lowest BCUT2D eigenvalue weighted by Crippen LogP contribution is -2.14. The van der Waals surface area contributed by atoms with E-state index < -0.39 is 5.91 Å². The molecule has 1 amide bonds. The van der Waals surface area contributed by atoms with Crippen LogP contribution in [0.5, 0.6) is 5.75 Å². The highest BCUT2D eigenvalue weighted by molar-refractivity contribution is 5.92. The molecule has 0 aliphatic heterocycles. The molecule has 0 atom stereocenters. The van der Waals surface area contributed by atoms with Gasteiger partial charge in [-0.15, -0.1) is 0 Å². The number of nitrogens with one attached hydrogen (secondary N) is 1. The summed E-state index contributed by atoms with van der Waals surface area (Å²) >= 11 is 0. The highest BCUT2D eigenvalue weighted by atomic mass is 16.5. The molecule has 4 heteroatoms. The first-order chi connectivity index (χ1) is 12.7. The van der Waals surface area contributed by atoms with Crippen molar-refractivity contribution in [2.75, 3.05) is 7.11 Å². The van der Waals surface area contributed by atoms with Crippen LogP contribution >= 0.6 is 0 Å². The predicted molar refractivity (Wildman–Crippen MR) is 110 cm³/mol. The molecule has 27 heavy (non-hydrogen) atoms. The second kappa shape index (κ2) is 9.36. The lowest BCUT2D eigenvalue weighted by molar-refractivity contribution is -0.124. The van der Waals surface area contributed by atoms with Crippen molar-refractivity contribution in [1.82, 2.24) is 5.48 Å². The molecule has 3 rings (SSSR count). The monoisotopic (exact) mass is 361 g/mol. The molecule has 0 saturated carbocycles. The molecule has 0 heterocycles. The highest BCUT2D eigenvalue weighted by Crippen LogP contribution is 2.31. The first kappa shape index (κ1) is 19.9. The number of ether oxygens (including phenoxy) is 1. The Labute approximate surface area is 159 Å². The standard InChI is InChI=1S/C22H19NO3.CH4/c1-26-20-13-11-19(12-14-22(24)23-25)21(15-20)18-9-7-17(8-10-18)16-5-3-2-4-6-16;/h2-15,25H,1H3,(H,23,24);1H4/b14-12+;. The summed E-state index contributed by atoms with van der Waals surface area (Å²) in [5.74, 6) is 0.155. The third kappa shape index (κ3) is 4.84. The third-order valence-corrected chi connectivity index (χ3v) is 4.09. The van der Waals surface area contributed by atoms with Gasteiger partial charge in [0.1, 0.15) is 5.75 Å². The van der Waals surface area contributed by atoms with Crippen LogP contribution in [0.1, 0.15) is 13.0 Å². The van der Waals surface area contributed by atoms with Gasteiger partial charge in [-0.05, 0) is 46.0 Å². The van der Waals surface area contributed by atoms with Gasteiger partial charge in [0.25, 0.3) is 5.91 Å². The average Bonchev–Trinajstić information content (AvgIpc) is 2.72. The molecule has 3 aromatic rings. The van der Waals surface area contributed by atoms with E-state index in [-0.39, 0.29) is 7.43 Å². The van der Waals surface area contributed by atoms with E-state index in [1.165, 1.54) is 6.08 Å². The van der Waals surface area contributed by atoms with E-state index in [0.717, 1.165) is 33.6 Å². The van der Waals surface area contributed by atoms with E-state index >= 15 is 0 Å². The number of methoxy groups -OCH3 is 1. The second-order valence-corrected chi connectivity index (χ2v) is 5.71. The van der Waals surface area contributed by atoms with Crippen molar-refractivity contribution in [3.63, 3.8) is 0 Å². The highest BCUT2D eigenvalue weighted by Gasteiger charge is 2.07. The van der Waals surface area contributed by atoms with Crippen molar-refractivity contribution in [3.8, 4) is 28.0 Å². The number of carbonyl (C=O) groups is 1. The lowest BCUT2D eigenvalue weighted by Gasteiger charge is -2.10. The zero-order valence-corrected chi connectivity index (χ0v) is 14.3. The molecule has 0 fully saturated rings. The fourth-order valence-electron chi connectivity index (χ4n) is 2.73. The van der Waals surface area contributed by atoms with Gasteiger partial charge in [-0.2, -0.15) is 0 Å². The van der Waals surface area contributed by atoms with Crippen molar-refractivity contribution in [2.24, 2.45) is 0 Å². The maximum Gasteiger partial charge on any atom is 0.267 e. The van der Waals surface area contributed by atoms with Crippen LogP contribution in [-0.2, 0) is 4.79 Å². The van der Waals surface area contributed by atoms with E-state index in [9.17, 15) is 4.79 Å². The Morgan fingerprint density at radius 3 is 2.19 bits per heavy atom. The Kier molecular flexibility index (Phi) is 6.92. The Morgan fingerprint density at radius 2 is 1.56 bits per heavy atom. The van der Waals surface area contributed by atoms with Gasteiger partial charge in [0.15, 0.2) is 0 Å². The van der Waals surface area contributed by atoms with Crippen LogP contribution in [0.2, 0.25) is 0 Å². The Hall–Kier alpha value is -3.37. The topological polar surface area (TPSA) is 58.6 Å². The van der Waals surface area contributed by atoms with Crippen LogP contribution in [0.4, 0.5) is 0 Å². The van der Waals surface area contributed by atoms with Gasteiger partial charge >= 0.3 is 0 Å². The molecule has 0 aromatic heterocycles. The van der Waals surface area contributed by atoms with Crippen LogP contribution in [0.25, 0.3) is 28.3 Å². The Morgan fingerprint density at radius 1 is 0.926 bits per heavy atom. The molecule has 0 bridgehead atoms. The number of hydrogen-bond donors (Lipinski definition) is 2. The number of benzene rings is 3. The summed E-state index contributed by atoms with van der Waals surface area (Å²) in [6, 6.07) is 24.0. The zero-order chi connectivity index (χ0) is 18.4. The summed E-state index contributed by atoms with van der Waals surface area (Å²) in [6.07, 6.45) is 2.94. The second-order valence-electron chi connectivity index (χ2n) is 5.71. The molecule has 3 aromatic carbocycles. The van der Waals surface area contributed by atoms with Crippen molar-refractivity contribution >= 4 is 12.0 Å². The molecular formula is C23H23NO3. The summed E-state index contributed by atoms with van der Waals surface area (Å²) in [6.45, 7) is 0. The molecule has 0 saturated heterocycles. The predicted octanol–water partition coefficient (Wildman–Crippen LogP) is 5.18. The quantitative estimate of drug-likeness (QED) is 0.374. The van der Waals surface area contributed by atoms with Gasteiger partial charge in [-0.3, -0.25) is 10.0 Å². The molecule has 138 valence electrons. The molecule has 0 radical (unpaired) electrons. The van der Waals surface area contributed by atoms with E-state index in [1.807, 2.05) is 48.5 Å². The average molecular weight is 361 g/mol. The van der Waals surface area contributed by atoms with Crippen molar-refractivity contribution in [2.45, 2.75) is 7.43 Å². The third-order valence-electron chi connectivity index (χ3n) is 4.09. The van der Waals surface area contributed by atoms with Crippen LogP contribution in [-0.4, -0.2) is 18.2 Å². The molecule has 0 unspecified atom stereocenters. The van der Waals surface area contributed by atoms with Crippen LogP contribution < -0.4 is 10.2 Å². The molecule has 0 aliphatic carbocycles. The minimum atomic E-state index is -0.578. The van der Waals surface area contributed by atoms with E-state index in [4.69, 9.17) is 9.94 Å². The first-order valence-electron chi connectivity index (χ1n) is 8.17.